The minimum Gasteiger partial charge on any atom is -0.317 e. The first-order valence-corrected chi connectivity index (χ1v) is 5.74. The Morgan fingerprint density at radius 2 is 2.00 bits per heavy atom. The van der Waals surface area contributed by atoms with Crippen LogP contribution in [-0.4, -0.2) is 37.1 Å². The van der Waals surface area contributed by atoms with E-state index in [1.54, 1.807) is 0 Å². The topological polar surface area (TPSA) is 39.1 Å². The lowest BCUT2D eigenvalue weighted by Gasteiger charge is -2.38. The molecule has 0 saturated carbocycles. The monoisotopic (exact) mass is 193 g/mol. The maximum Gasteiger partial charge on any atom is 0.0669 e. The van der Waals surface area contributed by atoms with Gasteiger partial charge in [-0.1, -0.05) is 0 Å². The molecule has 0 unspecified atom stereocenters. The number of piperidine rings is 2. The van der Waals surface area contributed by atoms with Gasteiger partial charge in [0.05, 0.1) is 12.0 Å². The van der Waals surface area contributed by atoms with Gasteiger partial charge in [-0.2, -0.15) is 5.26 Å². The van der Waals surface area contributed by atoms with Crippen molar-refractivity contribution in [3.63, 3.8) is 0 Å². The van der Waals surface area contributed by atoms with Crippen LogP contribution in [0.15, 0.2) is 0 Å². The van der Waals surface area contributed by atoms with E-state index in [-0.39, 0.29) is 0 Å². The van der Waals surface area contributed by atoms with Crippen molar-refractivity contribution in [3.05, 3.63) is 0 Å². The smallest absolute Gasteiger partial charge is 0.0669 e. The number of hydrogen-bond donors (Lipinski definition) is 1. The second-order valence-electron chi connectivity index (χ2n) is 4.44. The van der Waals surface area contributed by atoms with Crippen LogP contribution in [0.2, 0.25) is 0 Å². The summed E-state index contributed by atoms with van der Waals surface area (Å²) < 4.78 is 0. The third kappa shape index (κ3) is 2.26. The molecule has 0 radical (unpaired) electrons. The summed E-state index contributed by atoms with van der Waals surface area (Å²) in [5, 5.41) is 12.3. The number of rotatable bonds is 1. The van der Waals surface area contributed by atoms with Gasteiger partial charge >= 0.3 is 0 Å². The van der Waals surface area contributed by atoms with Gasteiger partial charge in [-0.15, -0.1) is 0 Å². The second-order valence-corrected chi connectivity index (χ2v) is 4.44. The average molecular weight is 193 g/mol. The van der Waals surface area contributed by atoms with E-state index in [4.69, 9.17) is 5.26 Å². The molecular formula is C11H19N3. The highest BCUT2D eigenvalue weighted by Gasteiger charge is 2.26. The highest BCUT2D eigenvalue weighted by molar-refractivity contribution is 4.91. The first kappa shape index (κ1) is 9.95. The van der Waals surface area contributed by atoms with Crippen LogP contribution in [0, 0.1) is 17.2 Å². The maximum absolute atomic E-state index is 8.92. The van der Waals surface area contributed by atoms with E-state index in [1.165, 1.54) is 25.8 Å². The molecule has 0 amide bonds. The van der Waals surface area contributed by atoms with Gasteiger partial charge in [0, 0.05) is 12.6 Å². The van der Waals surface area contributed by atoms with Gasteiger partial charge in [0.15, 0.2) is 0 Å². The maximum atomic E-state index is 8.92. The van der Waals surface area contributed by atoms with Crippen molar-refractivity contribution in [2.75, 3.05) is 26.2 Å². The average Bonchev–Trinajstić information content (AvgIpc) is 2.30. The summed E-state index contributed by atoms with van der Waals surface area (Å²) in [6.45, 7) is 4.53. The Morgan fingerprint density at radius 3 is 2.71 bits per heavy atom. The summed E-state index contributed by atoms with van der Waals surface area (Å²) in [6.07, 6.45) is 4.84. The van der Waals surface area contributed by atoms with Crippen molar-refractivity contribution in [2.24, 2.45) is 5.92 Å². The molecule has 0 spiro atoms. The third-order valence-electron chi connectivity index (χ3n) is 3.46. The molecular weight excluding hydrogens is 174 g/mol. The molecule has 0 aromatic carbocycles. The highest BCUT2D eigenvalue weighted by Crippen LogP contribution is 2.21. The van der Waals surface area contributed by atoms with Gasteiger partial charge in [-0.25, -0.2) is 0 Å². The van der Waals surface area contributed by atoms with Gasteiger partial charge in [0.2, 0.25) is 0 Å². The van der Waals surface area contributed by atoms with Gasteiger partial charge < -0.3 is 5.32 Å². The predicted octanol–water partition coefficient (Wildman–Crippen LogP) is 0.974. The lowest BCUT2D eigenvalue weighted by molar-refractivity contribution is 0.118. The molecule has 2 aliphatic rings. The van der Waals surface area contributed by atoms with E-state index in [0.29, 0.717) is 5.92 Å². The van der Waals surface area contributed by atoms with E-state index < -0.39 is 0 Å². The van der Waals surface area contributed by atoms with Crippen LogP contribution in [0.3, 0.4) is 0 Å². The van der Waals surface area contributed by atoms with E-state index in [9.17, 15) is 0 Å². The fourth-order valence-corrected chi connectivity index (χ4v) is 2.62. The summed E-state index contributed by atoms with van der Waals surface area (Å²) in [5.74, 6) is 0.290. The van der Waals surface area contributed by atoms with E-state index in [2.05, 4.69) is 16.3 Å². The fourth-order valence-electron chi connectivity index (χ4n) is 2.62. The lowest BCUT2D eigenvalue weighted by Crippen LogP contribution is -2.47. The summed E-state index contributed by atoms with van der Waals surface area (Å²) in [5.41, 5.74) is 0. The van der Waals surface area contributed by atoms with Crippen molar-refractivity contribution >= 4 is 0 Å². The molecule has 2 rings (SSSR count). The molecule has 0 aromatic heterocycles. The summed E-state index contributed by atoms with van der Waals surface area (Å²) in [4.78, 5) is 2.54. The number of likely N-dealkylation sites (tertiary alicyclic amines) is 1. The Labute approximate surface area is 86.1 Å². The molecule has 78 valence electrons. The molecule has 3 heteroatoms. The van der Waals surface area contributed by atoms with Gasteiger partial charge in [0.1, 0.15) is 0 Å². The molecule has 3 nitrogen and oxygen atoms in total. The van der Waals surface area contributed by atoms with Crippen molar-refractivity contribution in [3.8, 4) is 6.07 Å². The molecule has 0 bridgehead atoms. The van der Waals surface area contributed by atoms with Crippen molar-refractivity contribution < 1.29 is 0 Å². The van der Waals surface area contributed by atoms with Crippen LogP contribution in [0.5, 0.6) is 0 Å². The van der Waals surface area contributed by atoms with E-state index in [1.807, 2.05) is 0 Å². The molecule has 2 saturated heterocycles. The zero-order chi connectivity index (χ0) is 9.80. The first-order chi connectivity index (χ1) is 6.90. The molecule has 14 heavy (non-hydrogen) atoms. The normalized spacial score (nSPS) is 31.2. The highest BCUT2D eigenvalue weighted by atomic mass is 15.2. The van der Waals surface area contributed by atoms with E-state index in [0.717, 1.165) is 32.1 Å². The molecule has 0 aliphatic carbocycles. The number of nitriles is 1. The molecule has 1 N–H and O–H groups in total. The van der Waals surface area contributed by atoms with Crippen molar-refractivity contribution in [2.45, 2.75) is 31.7 Å². The van der Waals surface area contributed by atoms with Crippen LogP contribution >= 0.6 is 0 Å². The summed E-state index contributed by atoms with van der Waals surface area (Å²) >= 11 is 0. The Hall–Kier alpha value is -0.590. The predicted molar refractivity (Wildman–Crippen MR) is 55.8 cm³/mol. The van der Waals surface area contributed by atoms with Crippen molar-refractivity contribution in [1.29, 1.82) is 5.26 Å². The zero-order valence-corrected chi connectivity index (χ0v) is 8.71. The van der Waals surface area contributed by atoms with Crippen LogP contribution < -0.4 is 5.32 Å². The minimum atomic E-state index is 0.290. The lowest BCUT2D eigenvalue weighted by atomic mass is 9.95. The molecule has 2 heterocycles. The second kappa shape index (κ2) is 4.77. The quantitative estimate of drug-likeness (QED) is 0.674. The van der Waals surface area contributed by atoms with Gasteiger partial charge in [0.25, 0.3) is 0 Å². The van der Waals surface area contributed by atoms with Crippen LogP contribution in [0.1, 0.15) is 25.7 Å². The number of nitrogens with zero attached hydrogens (tertiary/aromatic N) is 2. The third-order valence-corrected chi connectivity index (χ3v) is 3.46. The SMILES string of the molecule is N#C[C@H]1CCCN(C2CCNCC2)C1. The first-order valence-electron chi connectivity index (χ1n) is 5.74. The molecule has 2 aliphatic heterocycles. The standard InChI is InChI=1S/C11H19N3/c12-8-10-2-1-7-14(9-10)11-3-5-13-6-4-11/h10-11,13H,1-7,9H2/t10-/m1/s1. The molecule has 2 fully saturated rings. The summed E-state index contributed by atoms with van der Waals surface area (Å²) in [6, 6.07) is 3.16. The van der Waals surface area contributed by atoms with Crippen LogP contribution in [0.25, 0.3) is 0 Å². The fraction of sp³-hybridized carbons (Fsp3) is 0.909. The molecule has 1 atom stereocenters. The summed E-state index contributed by atoms with van der Waals surface area (Å²) in [7, 11) is 0. The van der Waals surface area contributed by atoms with Gasteiger partial charge in [-0.3, -0.25) is 4.90 Å². The minimum absolute atomic E-state index is 0.290. The van der Waals surface area contributed by atoms with Crippen LogP contribution in [0.4, 0.5) is 0 Å². The Kier molecular flexibility index (Phi) is 3.39. The zero-order valence-electron chi connectivity index (χ0n) is 8.71. The Morgan fingerprint density at radius 1 is 1.21 bits per heavy atom. The molecule has 0 aromatic rings. The Bertz CT molecular complexity index is 215. The van der Waals surface area contributed by atoms with E-state index >= 15 is 0 Å². The van der Waals surface area contributed by atoms with Crippen LogP contribution in [-0.2, 0) is 0 Å². The number of hydrogen-bond acceptors (Lipinski definition) is 3. The Balaban J connectivity index is 1.87. The van der Waals surface area contributed by atoms with Gasteiger partial charge in [-0.05, 0) is 45.3 Å². The van der Waals surface area contributed by atoms with Crippen molar-refractivity contribution in [1.82, 2.24) is 10.2 Å². The number of nitrogens with one attached hydrogen (secondary N) is 1. The largest absolute Gasteiger partial charge is 0.317 e.